The van der Waals surface area contributed by atoms with E-state index in [1.807, 2.05) is 0 Å². The minimum absolute atomic E-state index is 0.0246. The fraction of sp³-hybridized carbons (Fsp3) is 0.533. The lowest BCUT2D eigenvalue weighted by Crippen LogP contribution is -2.32. The Morgan fingerprint density at radius 3 is 2.67 bits per heavy atom. The van der Waals surface area contributed by atoms with Crippen molar-refractivity contribution in [3.63, 3.8) is 0 Å². The van der Waals surface area contributed by atoms with Gasteiger partial charge in [0.2, 0.25) is 10.0 Å². The molecule has 0 radical (unpaired) electrons. The zero-order valence-corrected chi connectivity index (χ0v) is 13.3. The van der Waals surface area contributed by atoms with Crippen molar-refractivity contribution in [1.29, 1.82) is 0 Å². The largest absolute Gasteiger partial charge is 0.339 e. The van der Waals surface area contributed by atoms with Gasteiger partial charge in [-0.25, -0.2) is 13.6 Å². The summed E-state index contributed by atoms with van der Waals surface area (Å²) in [6.07, 6.45) is 3.10. The van der Waals surface area contributed by atoms with Crippen molar-refractivity contribution in [3.05, 3.63) is 29.3 Å². The van der Waals surface area contributed by atoms with Crippen LogP contribution in [0.5, 0.6) is 0 Å². The average Bonchev–Trinajstić information content (AvgIpc) is 2.62. The highest BCUT2D eigenvalue weighted by molar-refractivity contribution is 7.89. The summed E-state index contributed by atoms with van der Waals surface area (Å²) in [5.74, 6) is 0.509. The maximum atomic E-state index is 12.5. The summed E-state index contributed by atoms with van der Waals surface area (Å²) in [6.45, 7) is 5.31. The molecule has 0 bridgehead atoms. The van der Waals surface area contributed by atoms with E-state index in [0.29, 0.717) is 17.0 Å². The topological polar surface area (TPSA) is 80.5 Å². The molecule has 1 aliphatic rings. The van der Waals surface area contributed by atoms with Crippen molar-refractivity contribution in [2.24, 2.45) is 11.1 Å². The molecule has 2 rings (SSSR count). The van der Waals surface area contributed by atoms with Crippen molar-refractivity contribution < 1.29 is 13.2 Å². The summed E-state index contributed by atoms with van der Waals surface area (Å²) >= 11 is 0. The van der Waals surface area contributed by atoms with Gasteiger partial charge >= 0.3 is 0 Å². The van der Waals surface area contributed by atoms with Crippen LogP contribution in [0.1, 0.15) is 42.1 Å². The Kier molecular flexibility index (Phi) is 4.68. The lowest BCUT2D eigenvalue weighted by atomic mass is 10.0. The van der Waals surface area contributed by atoms with Crippen molar-refractivity contribution >= 4 is 15.9 Å². The first kappa shape index (κ1) is 16.0. The molecule has 1 amide bonds. The number of rotatable bonds is 2. The Bertz CT molecular complexity index is 640. The second-order valence-electron chi connectivity index (χ2n) is 5.85. The molecule has 1 fully saturated rings. The quantitative estimate of drug-likeness (QED) is 0.906. The first-order valence-electron chi connectivity index (χ1n) is 7.22. The molecule has 1 unspecified atom stereocenters. The molecule has 0 aliphatic carbocycles. The number of aryl methyl sites for hydroxylation is 1. The number of benzene rings is 1. The lowest BCUT2D eigenvalue weighted by Gasteiger charge is -2.21. The molecule has 2 N–H and O–H groups in total. The fourth-order valence-electron chi connectivity index (χ4n) is 2.69. The Morgan fingerprint density at radius 2 is 2.00 bits per heavy atom. The minimum Gasteiger partial charge on any atom is -0.339 e. The molecule has 0 aromatic heterocycles. The number of likely N-dealkylation sites (tertiary alicyclic amines) is 1. The third kappa shape index (κ3) is 3.83. The zero-order chi connectivity index (χ0) is 15.6. The number of amides is 1. The second kappa shape index (κ2) is 6.15. The van der Waals surface area contributed by atoms with Gasteiger partial charge in [-0.3, -0.25) is 4.79 Å². The number of nitrogens with zero attached hydrogens (tertiary/aromatic N) is 1. The number of sulfonamides is 1. The molecule has 21 heavy (non-hydrogen) atoms. The highest BCUT2D eigenvalue weighted by Crippen LogP contribution is 2.20. The van der Waals surface area contributed by atoms with Gasteiger partial charge in [0.25, 0.3) is 5.91 Å². The normalized spacial score (nSPS) is 20.1. The summed E-state index contributed by atoms with van der Waals surface area (Å²) in [7, 11) is -3.81. The van der Waals surface area contributed by atoms with E-state index in [-0.39, 0.29) is 10.8 Å². The van der Waals surface area contributed by atoms with Crippen LogP contribution in [0.15, 0.2) is 23.1 Å². The molecule has 5 nitrogen and oxygen atoms in total. The van der Waals surface area contributed by atoms with Gasteiger partial charge in [-0.05, 0) is 49.8 Å². The molecule has 0 spiro atoms. The number of nitrogens with two attached hydrogens (primary N) is 1. The number of hydrogen-bond donors (Lipinski definition) is 1. The fourth-order valence-corrected chi connectivity index (χ4v) is 3.50. The SMILES string of the molecule is Cc1ccc(C(=O)N2CCCC(C)CC2)cc1S(N)(=O)=O. The van der Waals surface area contributed by atoms with Gasteiger partial charge in [0.1, 0.15) is 0 Å². The van der Waals surface area contributed by atoms with Gasteiger partial charge in [-0.2, -0.15) is 0 Å². The molecular weight excluding hydrogens is 288 g/mol. The molecule has 6 heteroatoms. The van der Waals surface area contributed by atoms with Crippen molar-refractivity contribution in [2.75, 3.05) is 13.1 Å². The van der Waals surface area contributed by atoms with Gasteiger partial charge < -0.3 is 4.90 Å². The standard InChI is InChI=1S/C15H22N2O3S/c1-11-4-3-8-17(9-7-11)15(18)13-6-5-12(2)14(10-13)21(16,19)20/h5-6,10-11H,3-4,7-9H2,1-2H3,(H2,16,19,20). The monoisotopic (exact) mass is 310 g/mol. The van der Waals surface area contributed by atoms with Crippen molar-refractivity contribution in [3.8, 4) is 0 Å². The van der Waals surface area contributed by atoms with Gasteiger partial charge in [-0.15, -0.1) is 0 Å². The van der Waals surface area contributed by atoms with E-state index in [0.717, 1.165) is 32.4 Å². The van der Waals surface area contributed by atoms with E-state index >= 15 is 0 Å². The maximum Gasteiger partial charge on any atom is 0.253 e. The van der Waals surface area contributed by atoms with Gasteiger partial charge in [0.15, 0.2) is 0 Å². The molecule has 0 saturated carbocycles. The average molecular weight is 310 g/mol. The molecule has 1 heterocycles. The van der Waals surface area contributed by atoms with E-state index in [1.54, 1.807) is 24.0 Å². The number of hydrogen-bond acceptors (Lipinski definition) is 3. The van der Waals surface area contributed by atoms with E-state index in [9.17, 15) is 13.2 Å². The van der Waals surface area contributed by atoms with Gasteiger partial charge in [0.05, 0.1) is 4.90 Å². The van der Waals surface area contributed by atoms with Crippen LogP contribution in [0.4, 0.5) is 0 Å². The molecule has 1 saturated heterocycles. The predicted molar refractivity (Wildman–Crippen MR) is 81.5 cm³/mol. The molecule has 1 atom stereocenters. The summed E-state index contributed by atoms with van der Waals surface area (Å²) in [5.41, 5.74) is 0.942. The Hall–Kier alpha value is -1.40. The maximum absolute atomic E-state index is 12.5. The first-order valence-corrected chi connectivity index (χ1v) is 8.76. The smallest absolute Gasteiger partial charge is 0.253 e. The van der Waals surface area contributed by atoms with Crippen LogP contribution in [0.25, 0.3) is 0 Å². The van der Waals surface area contributed by atoms with E-state index in [2.05, 4.69) is 6.92 Å². The summed E-state index contributed by atoms with van der Waals surface area (Å²) < 4.78 is 23.1. The van der Waals surface area contributed by atoms with Crippen molar-refractivity contribution in [1.82, 2.24) is 4.90 Å². The third-order valence-electron chi connectivity index (χ3n) is 4.05. The predicted octanol–water partition coefficient (Wildman–Crippen LogP) is 1.90. The molecule has 1 aromatic rings. The third-order valence-corrected chi connectivity index (χ3v) is 5.10. The van der Waals surface area contributed by atoms with E-state index in [1.165, 1.54) is 6.07 Å². The van der Waals surface area contributed by atoms with Crippen LogP contribution in [0, 0.1) is 12.8 Å². The first-order chi connectivity index (χ1) is 9.79. The van der Waals surface area contributed by atoms with Crippen LogP contribution in [-0.4, -0.2) is 32.3 Å². The van der Waals surface area contributed by atoms with Crippen LogP contribution < -0.4 is 5.14 Å². The number of carbonyl (C=O) groups excluding carboxylic acids is 1. The Balaban J connectivity index is 2.27. The molecular formula is C15H22N2O3S. The van der Waals surface area contributed by atoms with E-state index in [4.69, 9.17) is 5.14 Å². The summed E-state index contributed by atoms with van der Waals surface area (Å²) in [6, 6.07) is 4.69. The molecule has 1 aromatic carbocycles. The zero-order valence-electron chi connectivity index (χ0n) is 12.5. The van der Waals surface area contributed by atoms with Crippen LogP contribution in [-0.2, 0) is 10.0 Å². The minimum atomic E-state index is -3.81. The second-order valence-corrected chi connectivity index (χ2v) is 7.38. The Morgan fingerprint density at radius 1 is 1.29 bits per heavy atom. The highest BCUT2D eigenvalue weighted by Gasteiger charge is 2.21. The van der Waals surface area contributed by atoms with Gasteiger partial charge in [0, 0.05) is 18.7 Å². The van der Waals surface area contributed by atoms with E-state index < -0.39 is 10.0 Å². The summed E-state index contributed by atoms with van der Waals surface area (Å²) in [4.78, 5) is 14.4. The Labute approximate surface area is 126 Å². The highest BCUT2D eigenvalue weighted by atomic mass is 32.2. The number of primary sulfonamides is 1. The summed E-state index contributed by atoms with van der Waals surface area (Å²) in [5, 5.41) is 5.20. The molecule has 1 aliphatic heterocycles. The van der Waals surface area contributed by atoms with Crippen LogP contribution >= 0.6 is 0 Å². The number of carbonyl (C=O) groups is 1. The lowest BCUT2D eigenvalue weighted by molar-refractivity contribution is 0.0760. The van der Waals surface area contributed by atoms with Crippen molar-refractivity contribution in [2.45, 2.75) is 38.0 Å². The van der Waals surface area contributed by atoms with Gasteiger partial charge in [-0.1, -0.05) is 13.0 Å². The van der Waals surface area contributed by atoms with Crippen LogP contribution in [0.3, 0.4) is 0 Å². The van der Waals surface area contributed by atoms with Crippen LogP contribution in [0.2, 0.25) is 0 Å². The molecule has 116 valence electrons.